The van der Waals surface area contributed by atoms with E-state index in [-0.39, 0.29) is 11.4 Å². The largest absolute Gasteiger partial charge is 0.402 e. The molecule has 4 aromatic carbocycles. The molecule has 0 aliphatic heterocycles. The molecule has 4 bridgehead atoms. The van der Waals surface area contributed by atoms with Crippen molar-refractivity contribution in [1.82, 2.24) is 0 Å². The van der Waals surface area contributed by atoms with E-state index < -0.39 is 10.3 Å². The quantitative estimate of drug-likeness (QED) is 0.254. The maximum atomic E-state index is 14.5. The molecule has 0 atom stereocenters. The van der Waals surface area contributed by atoms with Crippen LogP contribution >= 0.6 is 10.3 Å². The number of carbonyl (C=O) groups is 1. The van der Waals surface area contributed by atoms with Gasteiger partial charge in [-0.25, -0.2) is 0 Å². The average Bonchev–Trinajstić information content (AvgIpc) is 2.97. The maximum Gasteiger partial charge on any atom is 0.323 e. The summed E-state index contributed by atoms with van der Waals surface area (Å²) in [7, 11) is -2.27. The van der Waals surface area contributed by atoms with Crippen LogP contribution in [0, 0.1) is 23.2 Å². The van der Waals surface area contributed by atoms with Gasteiger partial charge in [0, 0.05) is 14.7 Å². The van der Waals surface area contributed by atoms with E-state index in [1.807, 2.05) is 18.2 Å². The molecule has 8 rings (SSSR count). The standard InChI is InChI=1S/C35H34O2S/c36-34(35-23-26-20-27(24-35)22-28(21-26)25-35)37-38(31-12-6-2-7-13-31,32-14-8-3-9-15-32)33-18-16-30(17-19-33)29-10-4-1-5-11-29/h1-19,26-28H,20-25H2. The van der Waals surface area contributed by atoms with Crippen LogP contribution in [-0.4, -0.2) is 5.97 Å². The first kappa shape index (κ1) is 23.8. The first-order chi connectivity index (χ1) is 18.6. The highest BCUT2D eigenvalue weighted by molar-refractivity contribution is 8.30. The zero-order valence-corrected chi connectivity index (χ0v) is 22.5. The van der Waals surface area contributed by atoms with Gasteiger partial charge in [0.2, 0.25) is 0 Å². The zero-order chi connectivity index (χ0) is 25.6. The van der Waals surface area contributed by atoms with Gasteiger partial charge in [0.1, 0.15) is 0 Å². The summed E-state index contributed by atoms with van der Waals surface area (Å²) < 4.78 is 7.07. The number of hydrogen-bond acceptors (Lipinski definition) is 2. The first-order valence-electron chi connectivity index (χ1n) is 14.0. The second-order valence-electron chi connectivity index (χ2n) is 11.6. The summed E-state index contributed by atoms with van der Waals surface area (Å²) in [4.78, 5) is 17.7. The Morgan fingerprint density at radius 2 is 0.947 bits per heavy atom. The molecule has 0 amide bonds. The van der Waals surface area contributed by atoms with Gasteiger partial charge < -0.3 is 4.18 Å². The molecule has 0 spiro atoms. The van der Waals surface area contributed by atoms with Crippen molar-refractivity contribution in [3.63, 3.8) is 0 Å². The van der Waals surface area contributed by atoms with Crippen LogP contribution in [0.4, 0.5) is 0 Å². The molecule has 4 aliphatic rings. The monoisotopic (exact) mass is 518 g/mol. The highest BCUT2D eigenvalue weighted by Crippen LogP contribution is 2.71. The van der Waals surface area contributed by atoms with Crippen LogP contribution < -0.4 is 0 Å². The lowest BCUT2D eigenvalue weighted by Gasteiger charge is -2.56. The number of rotatable bonds is 6. The van der Waals surface area contributed by atoms with E-state index in [9.17, 15) is 4.79 Å². The molecule has 192 valence electrons. The lowest BCUT2D eigenvalue weighted by molar-refractivity contribution is -0.160. The lowest BCUT2D eigenvalue weighted by atomic mass is 9.49. The molecule has 0 heterocycles. The molecule has 0 aromatic heterocycles. The molecule has 38 heavy (non-hydrogen) atoms. The van der Waals surface area contributed by atoms with Crippen LogP contribution in [0.25, 0.3) is 11.1 Å². The molecule has 0 unspecified atom stereocenters. The minimum absolute atomic E-state index is 0.0337. The van der Waals surface area contributed by atoms with Gasteiger partial charge in [0.25, 0.3) is 0 Å². The summed E-state index contributed by atoms with van der Waals surface area (Å²) in [5, 5.41) is 0. The molecule has 4 saturated carbocycles. The molecule has 0 N–H and O–H groups in total. The Bertz CT molecular complexity index is 1340. The minimum Gasteiger partial charge on any atom is -0.402 e. The van der Waals surface area contributed by atoms with Crippen LogP contribution in [-0.2, 0) is 8.98 Å². The third-order valence-corrected chi connectivity index (χ3v) is 12.3. The first-order valence-corrected chi connectivity index (χ1v) is 15.5. The van der Waals surface area contributed by atoms with Crippen LogP contribution in [0.15, 0.2) is 130 Å². The van der Waals surface area contributed by atoms with E-state index in [0.29, 0.717) is 17.8 Å². The second kappa shape index (κ2) is 9.47. The predicted octanol–water partition coefficient (Wildman–Crippen LogP) is 9.31. The van der Waals surface area contributed by atoms with Crippen molar-refractivity contribution in [3.05, 3.63) is 115 Å². The number of benzene rings is 4. The summed E-state index contributed by atoms with van der Waals surface area (Å²) in [5.74, 6) is 2.11. The molecule has 2 nitrogen and oxygen atoms in total. The Hall–Kier alpha value is -3.30. The molecule has 4 aromatic rings. The fraction of sp³-hybridized carbons (Fsp3) is 0.286. The van der Waals surface area contributed by atoms with Gasteiger partial charge in [-0.05, 0) is 114 Å². The average molecular weight is 519 g/mol. The summed E-state index contributed by atoms with van der Waals surface area (Å²) >= 11 is 0. The molecule has 4 fully saturated rings. The van der Waals surface area contributed by atoms with E-state index in [2.05, 4.69) is 97.1 Å². The normalized spacial score (nSPS) is 26.2. The van der Waals surface area contributed by atoms with Gasteiger partial charge in [0.15, 0.2) is 0 Å². The maximum absolute atomic E-state index is 14.5. The smallest absolute Gasteiger partial charge is 0.323 e. The minimum atomic E-state index is -2.27. The Balaban J connectivity index is 1.36. The predicted molar refractivity (Wildman–Crippen MR) is 154 cm³/mol. The van der Waals surface area contributed by atoms with Crippen molar-refractivity contribution in [2.24, 2.45) is 23.2 Å². The van der Waals surface area contributed by atoms with E-state index >= 15 is 0 Å². The Morgan fingerprint density at radius 3 is 1.42 bits per heavy atom. The van der Waals surface area contributed by atoms with E-state index in [1.165, 1.54) is 24.8 Å². The summed E-state index contributed by atoms with van der Waals surface area (Å²) in [6.45, 7) is 0. The van der Waals surface area contributed by atoms with Crippen LogP contribution in [0.5, 0.6) is 0 Å². The topological polar surface area (TPSA) is 26.3 Å². The van der Waals surface area contributed by atoms with Crippen molar-refractivity contribution in [2.75, 3.05) is 0 Å². The van der Waals surface area contributed by atoms with Gasteiger partial charge >= 0.3 is 5.97 Å². The number of carbonyl (C=O) groups excluding carboxylic acids is 1. The molecule has 3 heteroatoms. The highest BCUT2D eigenvalue weighted by Gasteiger charge is 2.57. The van der Waals surface area contributed by atoms with Gasteiger partial charge in [-0.2, -0.15) is 0 Å². The Labute approximate surface area is 227 Å². The lowest BCUT2D eigenvalue weighted by Crippen LogP contribution is -2.50. The third-order valence-electron chi connectivity index (χ3n) is 9.12. The van der Waals surface area contributed by atoms with Crippen molar-refractivity contribution in [2.45, 2.75) is 53.2 Å². The zero-order valence-electron chi connectivity index (χ0n) is 21.7. The molecule has 4 aliphatic carbocycles. The summed E-state index contributed by atoms with van der Waals surface area (Å²) in [6.07, 6.45) is 6.94. The molecular formula is C35H34O2S. The Kier molecular flexibility index (Phi) is 5.93. The molecular weight excluding hydrogens is 484 g/mol. The molecule has 0 saturated heterocycles. The van der Waals surface area contributed by atoms with Gasteiger partial charge in [-0.3, -0.25) is 4.79 Å². The summed E-state index contributed by atoms with van der Waals surface area (Å²) in [5.41, 5.74) is 2.03. The van der Waals surface area contributed by atoms with E-state index in [0.717, 1.165) is 39.5 Å². The SMILES string of the molecule is O=C(OS(c1ccccc1)(c1ccccc1)c1ccc(-c2ccccc2)cc1)C12CC3CC(CC(C3)C1)C2. The van der Waals surface area contributed by atoms with Crippen LogP contribution in [0.1, 0.15) is 38.5 Å². The second-order valence-corrected chi connectivity index (χ2v) is 14.3. The van der Waals surface area contributed by atoms with Gasteiger partial charge in [-0.15, -0.1) is 0 Å². The van der Waals surface area contributed by atoms with Gasteiger partial charge in [0.05, 0.1) is 5.41 Å². The van der Waals surface area contributed by atoms with Crippen molar-refractivity contribution in [3.8, 4) is 11.1 Å². The highest BCUT2D eigenvalue weighted by atomic mass is 32.3. The Morgan fingerprint density at radius 1 is 0.553 bits per heavy atom. The van der Waals surface area contributed by atoms with Crippen LogP contribution in [0.2, 0.25) is 0 Å². The van der Waals surface area contributed by atoms with Crippen molar-refractivity contribution >= 4 is 16.3 Å². The number of hydrogen-bond donors (Lipinski definition) is 0. The third kappa shape index (κ3) is 3.99. The van der Waals surface area contributed by atoms with E-state index in [4.69, 9.17) is 4.18 Å². The fourth-order valence-corrected chi connectivity index (χ4v) is 10.9. The van der Waals surface area contributed by atoms with Crippen molar-refractivity contribution in [1.29, 1.82) is 0 Å². The van der Waals surface area contributed by atoms with Crippen LogP contribution in [0.3, 0.4) is 0 Å². The molecule has 0 radical (unpaired) electrons. The fourth-order valence-electron chi connectivity index (χ4n) is 7.81. The van der Waals surface area contributed by atoms with E-state index in [1.54, 1.807) is 0 Å². The van der Waals surface area contributed by atoms with Gasteiger partial charge in [-0.1, -0.05) is 78.9 Å². The van der Waals surface area contributed by atoms with Crippen molar-refractivity contribution < 1.29 is 8.98 Å². The summed E-state index contributed by atoms with van der Waals surface area (Å²) in [6, 6.07) is 40.1.